The van der Waals surface area contributed by atoms with Gasteiger partial charge in [-0.1, -0.05) is 0 Å². The van der Waals surface area contributed by atoms with Crippen molar-refractivity contribution in [3.8, 4) is 0 Å². The van der Waals surface area contributed by atoms with Crippen molar-refractivity contribution in [2.75, 3.05) is 0 Å². The summed E-state index contributed by atoms with van der Waals surface area (Å²) in [5, 5.41) is 7.56. The lowest BCUT2D eigenvalue weighted by Gasteiger charge is -1.95. The van der Waals surface area contributed by atoms with Crippen LogP contribution < -0.4 is 0 Å². The summed E-state index contributed by atoms with van der Waals surface area (Å²) < 4.78 is 0. The molecule has 0 aromatic carbocycles. The number of Topliss-reactive ketones (excluding diaryl/α,β-unsaturated/α-hetero) is 1. The number of aromatic nitrogens is 3. The van der Waals surface area contributed by atoms with Crippen molar-refractivity contribution in [3.63, 3.8) is 0 Å². The van der Waals surface area contributed by atoms with Crippen LogP contribution >= 0.6 is 0 Å². The van der Waals surface area contributed by atoms with Crippen LogP contribution in [0.4, 0.5) is 0 Å². The van der Waals surface area contributed by atoms with Gasteiger partial charge in [0.25, 0.3) is 0 Å². The minimum atomic E-state index is 0.0479. The molecule has 2 heterocycles. The first-order valence-corrected chi connectivity index (χ1v) is 4.29. The predicted octanol–water partition coefficient (Wildman–Crippen LogP) is 1.23. The normalized spacial score (nSPS) is 10.0. The summed E-state index contributed by atoms with van der Waals surface area (Å²) in [5.74, 6) is 0.0479. The van der Waals surface area contributed by atoms with Gasteiger partial charge in [-0.05, 0) is 18.2 Å². The van der Waals surface area contributed by atoms with Crippen LogP contribution in [0.5, 0.6) is 0 Å². The smallest absolute Gasteiger partial charge is 0.170 e. The Labute approximate surface area is 81.0 Å². The van der Waals surface area contributed by atoms with Crippen LogP contribution in [0.1, 0.15) is 16.1 Å². The number of nitrogens with one attached hydrogen (secondary N) is 1. The lowest BCUT2D eigenvalue weighted by atomic mass is 10.1. The van der Waals surface area contributed by atoms with E-state index in [-0.39, 0.29) is 5.78 Å². The van der Waals surface area contributed by atoms with E-state index in [1.165, 1.54) is 0 Å². The van der Waals surface area contributed by atoms with Crippen molar-refractivity contribution in [2.45, 2.75) is 6.42 Å². The Hall–Kier alpha value is -1.97. The highest BCUT2D eigenvalue weighted by atomic mass is 16.1. The van der Waals surface area contributed by atoms with Gasteiger partial charge in [-0.15, -0.1) is 0 Å². The fourth-order valence-electron chi connectivity index (χ4n) is 1.19. The molecule has 0 bridgehead atoms. The summed E-state index contributed by atoms with van der Waals surface area (Å²) in [5.41, 5.74) is 1.37. The number of ketones is 1. The van der Waals surface area contributed by atoms with E-state index in [1.54, 1.807) is 36.8 Å². The monoisotopic (exact) mass is 187 g/mol. The largest absolute Gasteiger partial charge is 0.367 e. The first kappa shape index (κ1) is 8.62. The molecule has 0 fully saturated rings. The van der Waals surface area contributed by atoms with Crippen molar-refractivity contribution < 1.29 is 4.79 Å². The van der Waals surface area contributed by atoms with E-state index in [4.69, 9.17) is 0 Å². The van der Waals surface area contributed by atoms with Gasteiger partial charge in [-0.3, -0.25) is 4.79 Å². The van der Waals surface area contributed by atoms with Gasteiger partial charge in [0.1, 0.15) is 0 Å². The molecule has 0 aliphatic heterocycles. The van der Waals surface area contributed by atoms with Crippen molar-refractivity contribution >= 4 is 5.78 Å². The van der Waals surface area contributed by atoms with Crippen LogP contribution in [0.2, 0.25) is 0 Å². The lowest BCUT2D eigenvalue weighted by Crippen LogP contribution is -2.04. The van der Waals surface area contributed by atoms with Gasteiger partial charge >= 0.3 is 0 Å². The van der Waals surface area contributed by atoms with E-state index in [0.717, 1.165) is 0 Å². The second kappa shape index (κ2) is 3.83. The van der Waals surface area contributed by atoms with Gasteiger partial charge in [-0.25, -0.2) is 0 Å². The highest BCUT2D eigenvalue weighted by Crippen LogP contribution is 2.03. The Kier molecular flexibility index (Phi) is 2.36. The minimum absolute atomic E-state index is 0.0479. The highest BCUT2D eigenvalue weighted by molar-refractivity contribution is 5.97. The van der Waals surface area contributed by atoms with E-state index in [1.807, 2.05) is 0 Å². The second-order valence-corrected chi connectivity index (χ2v) is 2.91. The van der Waals surface area contributed by atoms with Gasteiger partial charge in [0.15, 0.2) is 5.78 Å². The van der Waals surface area contributed by atoms with Gasteiger partial charge in [0.05, 0.1) is 12.1 Å². The number of carbonyl (C=O) groups is 1. The quantitative estimate of drug-likeness (QED) is 0.735. The van der Waals surface area contributed by atoms with Crippen molar-refractivity contribution in [2.24, 2.45) is 0 Å². The zero-order chi connectivity index (χ0) is 9.80. The molecule has 0 atom stereocenters. The molecule has 0 amide bonds. The molecule has 4 nitrogen and oxygen atoms in total. The maximum absolute atomic E-state index is 11.6. The molecule has 0 spiro atoms. The second-order valence-electron chi connectivity index (χ2n) is 2.91. The summed E-state index contributed by atoms with van der Waals surface area (Å²) >= 11 is 0. The molecule has 0 aliphatic carbocycles. The van der Waals surface area contributed by atoms with Crippen LogP contribution in [0.3, 0.4) is 0 Å². The third-order valence-corrected chi connectivity index (χ3v) is 1.89. The first-order valence-electron chi connectivity index (χ1n) is 4.29. The number of hydrogen-bond donors (Lipinski definition) is 1. The minimum Gasteiger partial charge on any atom is -0.367 e. The van der Waals surface area contributed by atoms with E-state index in [2.05, 4.69) is 15.2 Å². The number of rotatable bonds is 3. The third kappa shape index (κ3) is 1.85. The maximum atomic E-state index is 11.6. The number of nitrogens with zero attached hydrogens (tertiary/aromatic N) is 2. The molecule has 2 aromatic rings. The fraction of sp³-hybridized carbons (Fsp3) is 0.100. The Morgan fingerprint density at radius 3 is 3.00 bits per heavy atom. The van der Waals surface area contributed by atoms with E-state index >= 15 is 0 Å². The van der Waals surface area contributed by atoms with E-state index < -0.39 is 0 Å². The van der Waals surface area contributed by atoms with E-state index in [0.29, 0.717) is 17.7 Å². The van der Waals surface area contributed by atoms with Crippen LogP contribution in [0, 0.1) is 0 Å². The zero-order valence-corrected chi connectivity index (χ0v) is 7.47. The number of hydrogen-bond acceptors (Lipinski definition) is 3. The lowest BCUT2D eigenvalue weighted by molar-refractivity contribution is 0.0992. The first-order chi connectivity index (χ1) is 6.86. The van der Waals surface area contributed by atoms with Gasteiger partial charge in [0.2, 0.25) is 0 Å². The molecule has 2 aromatic heterocycles. The zero-order valence-electron chi connectivity index (χ0n) is 7.47. The summed E-state index contributed by atoms with van der Waals surface area (Å²) in [4.78, 5) is 14.4. The van der Waals surface area contributed by atoms with Crippen LogP contribution in [-0.2, 0) is 6.42 Å². The summed E-state index contributed by atoms with van der Waals surface area (Å²) in [6, 6.07) is 5.31. The third-order valence-electron chi connectivity index (χ3n) is 1.89. The predicted molar refractivity (Wildman–Crippen MR) is 50.9 cm³/mol. The van der Waals surface area contributed by atoms with Crippen LogP contribution in [0.15, 0.2) is 36.8 Å². The van der Waals surface area contributed by atoms with Crippen LogP contribution in [0.25, 0.3) is 0 Å². The van der Waals surface area contributed by atoms with Crippen molar-refractivity contribution in [1.82, 2.24) is 15.2 Å². The fourth-order valence-corrected chi connectivity index (χ4v) is 1.19. The molecule has 0 unspecified atom stereocenters. The number of aromatic amines is 1. The molecule has 0 aliphatic rings. The highest BCUT2D eigenvalue weighted by Gasteiger charge is 2.07. The van der Waals surface area contributed by atoms with Gasteiger partial charge in [0, 0.05) is 24.2 Å². The molecule has 2 rings (SSSR count). The van der Waals surface area contributed by atoms with E-state index in [9.17, 15) is 4.79 Å². The molecule has 0 radical (unpaired) electrons. The molecule has 14 heavy (non-hydrogen) atoms. The summed E-state index contributed by atoms with van der Waals surface area (Å²) in [7, 11) is 0. The molecule has 4 heteroatoms. The Bertz CT molecular complexity index is 408. The summed E-state index contributed by atoms with van der Waals surface area (Å²) in [6.07, 6.45) is 5.29. The van der Waals surface area contributed by atoms with Crippen LogP contribution in [-0.4, -0.2) is 21.0 Å². The average molecular weight is 187 g/mol. The van der Waals surface area contributed by atoms with Crippen molar-refractivity contribution in [3.05, 3.63) is 48.0 Å². The molecular weight excluding hydrogens is 178 g/mol. The van der Waals surface area contributed by atoms with Gasteiger partial charge in [-0.2, -0.15) is 10.2 Å². The SMILES string of the molecule is O=C(Cc1cccnn1)c1cc[nH]c1. The Morgan fingerprint density at radius 2 is 2.36 bits per heavy atom. The molecular formula is C10H9N3O. The molecule has 0 saturated heterocycles. The van der Waals surface area contributed by atoms with Gasteiger partial charge < -0.3 is 4.98 Å². The number of H-pyrrole nitrogens is 1. The average Bonchev–Trinajstić information content (AvgIpc) is 2.72. The Morgan fingerprint density at radius 1 is 1.43 bits per heavy atom. The van der Waals surface area contributed by atoms with Crippen molar-refractivity contribution in [1.29, 1.82) is 0 Å². The molecule has 70 valence electrons. The standard InChI is InChI=1S/C10H9N3O/c14-10(8-3-5-11-7-8)6-9-2-1-4-12-13-9/h1-5,7,11H,6H2. The topological polar surface area (TPSA) is 58.6 Å². The molecule has 0 saturated carbocycles. The maximum Gasteiger partial charge on any atom is 0.170 e. The Balaban J connectivity index is 2.10. The molecule has 1 N–H and O–H groups in total. The number of carbonyl (C=O) groups excluding carboxylic acids is 1. The summed E-state index contributed by atoms with van der Waals surface area (Å²) in [6.45, 7) is 0.